The number of rotatable bonds is 6. The summed E-state index contributed by atoms with van der Waals surface area (Å²) >= 11 is 0. The Labute approximate surface area is 136 Å². The number of amides is 2. The number of nitrogens with zero attached hydrogens (tertiary/aromatic N) is 1. The quantitative estimate of drug-likeness (QED) is 0.698. The van der Waals surface area contributed by atoms with Gasteiger partial charge in [0, 0.05) is 25.1 Å². The van der Waals surface area contributed by atoms with E-state index in [4.69, 9.17) is 5.11 Å². The molecule has 0 fully saturated rings. The van der Waals surface area contributed by atoms with E-state index in [1.807, 2.05) is 37.2 Å². The van der Waals surface area contributed by atoms with Crippen molar-refractivity contribution < 1.29 is 14.3 Å². The number of carbonyl (C=O) groups excluding carboxylic acids is 1. The molecule has 0 aromatic heterocycles. The lowest BCUT2D eigenvalue weighted by Crippen LogP contribution is -2.44. The lowest BCUT2D eigenvalue weighted by molar-refractivity contribution is 0.225. The highest BCUT2D eigenvalue weighted by molar-refractivity contribution is 5.74. The van der Waals surface area contributed by atoms with Crippen LogP contribution in [0.25, 0.3) is 0 Å². The summed E-state index contributed by atoms with van der Waals surface area (Å²) in [6.45, 7) is 0.473. The number of urea groups is 1. The van der Waals surface area contributed by atoms with Crippen LogP contribution in [-0.2, 0) is 0 Å². The summed E-state index contributed by atoms with van der Waals surface area (Å²) in [5, 5.41) is 14.8. The number of carbonyl (C=O) groups is 1. The summed E-state index contributed by atoms with van der Waals surface area (Å²) in [5.74, 6) is -0.174. The van der Waals surface area contributed by atoms with E-state index in [1.165, 1.54) is 12.1 Å². The van der Waals surface area contributed by atoms with Gasteiger partial charge >= 0.3 is 6.03 Å². The fourth-order valence-electron chi connectivity index (χ4n) is 2.74. The average Bonchev–Trinajstić information content (AvgIpc) is 2.94. The SMILES string of the molecule is CN(C)C(CNC(=O)N[C@@H]1C=C[C@H](CO)C1)c1cccc(F)c1. The van der Waals surface area contributed by atoms with Crippen molar-refractivity contribution in [3.05, 3.63) is 47.8 Å². The third kappa shape index (κ3) is 5.04. The Balaban J connectivity index is 1.87. The number of hydrogen-bond acceptors (Lipinski definition) is 3. The molecule has 126 valence electrons. The Morgan fingerprint density at radius 2 is 2.22 bits per heavy atom. The van der Waals surface area contributed by atoms with Gasteiger partial charge in [-0.25, -0.2) is 9.18 Å². The first-order chi connectivity index (χ1) is 11.0. The summed E-state index contributed by atoms with van der Waals surface area (Å²) in [7, 11) is 3.78. The molecule has 0 bridgehead atoms. The number of hydrogen-bond donors (Lipinski definition) is 3. The van der Waals surface area contributed by atoms with Crippen LogP contribution >= 0.6 is 0 Å². The summed E-state index contributed by atoms with van der Waals surface area (Å²) in [5.41, 5.74) is 0.816. The zero-order valence-electron chi connectivity index (χ0n) is 13.5. The van der Waals surface area contributed by atoms with Gasteiger partial charge in [-0.2, -0.15) is 0 Å². The predicted octanol–water partition coefficient (Wildman–Crippen LogP) is 1.66. The minimum Gasteiger partial charge on any atom is -0.396 e. The molecule has 23 heavy (non-hydrogen) atoms. The van der Waals surface area contributed by atoms with Gasteiger partial charge in [0.15, 0.2) is 0 Å². The molecule has 3 N–H and O–H groups in total. The summed E-state index contributed by atoms with van der Waals surface area (Å²) in [6.07, 6.45) is 4.53. The Hall–Kier alpha value is -1.92. The maximum Gasteiger partial charge on any atom is 0.315 e. The van der Waals surface area contributed by atoms with E-state index in [0.29, 0.717) is 13.0 Å². The zero-order chi connectivity index (χ0) is 16.8. The first kappa shape index (κ1) is 17.4. The smallest absolute Gasteiger partial charge is 0.315 e. The molecule has 1 aromatic carbocycles. The molecule has 6 heteroatoms. The van der Waals surface area contributed by atoms with Crippen LogP contribution in [0.15, 0.2) is 36.4 Å². The normalized spacial score (nSPS) is 21.4. The van der Waals surface area contributed by atoms with Gasteiger partial charge in [0.1, 0.15) is 5.82 Å². The molecule has 0 spiro atoms. The molecular weight excluding hydrogens is 297 g/mol. The Morgan fingerprint density at radius 3 is 2.83 bits per heavy atom. The Bertz CT molecular complexity index is 563. The molecule has 2 amide bonds. The van der Waals surface area contributed by atoms with Gasteiger partial charge in [0.2, 0.25) is 0 Å². The maximum absolute atomic E-state index is 13.4. The van der Waals surface area contributed by atoms with Crippen molar-refractivity contribution in [3.63, 3.8) is 0 Å². The highest BCUT2D eigenvalue weighted by Crippen LogP contribution is 2.19. The molecule has 1 unspecified atom stereocenters. The number of aliphatic hydroxyl groups is 1. The fourth-order valence-corrected chi connectivity index (χ4v) is 2.74. The standard InChI is InChI=1S/C17H24FN3O2/c1-21(2)16(13-4-3-5-14(18)9-13)10-19-17(23)20-15-7-6-12(8-15)11-22/h3-7,9,12,15-16,22H,8,10-11H2,1-2H3,(H2,19,20,23)/t12-,15+,16?/m0/s1. The Kier molecular flexibility index (Phi) is 6.12. The minimum absolute atomic E-state index is 0.0564. The van der Waals surface area contributed by atoms with Crippen molar-refractivity contribution in [1.82, 2.24) is 15.5 Å². The van der Waals surface area contributed by atoms with Gasteiger partial charge in [-0.05, 0) is 38.2 Å². The number of halogens is 1. The van der Waals surface area contributed by atoms with Gasteiger partial charge in [-0.3, -0.25) is 0 Å². The van der Waals surface area contributed by atoms with Crippen LogP contribution in [0.4, 0.5) is 9.18 Å². The number of aliphatic hydroxyl groups excluding tert-OH is 1. The highest BCUT2D eigenvalue weighted by atomic mass is 19.1. The van der Waals surface area contributed by atoms with Gasteiger partial charge < -0.3 is 20.6 Å². The second-order valence-electron chi connectivity index (χ2n) is 6.06. The lowest BCUT2D eigenvalue weighted by atomic mass is 10.1. The van der Waals surface area contributed by atoms with Crippen molar-refractivity contribution in [3.8, 4) is 0 Å². The third-order valence-electron chi connectivity index (χ3n) is 4.04. The van der Waals surface area contributed by atoms with Crippen molar-refractivity contribution in [2.75, 3.05) is 27.2 Å². The second-order valence-corrected chi connectivity index (χ2v) is 6.06. The lowest BCUT2D eigenvalue weighted by Gasteiger charge is -2.25. The molecule has 0 saturated heterocycles. The van der Waals surface area contributed by atoms with Crippen molar-refractivity contribution in [2.45, 2.75) is 18.5 Å². The van der Waals surface area contributed by atoms with E-state index in [2.05, 4.69) is 10.6 Å². The van der Waals surface area contributed by atoms with Crippen LogP contribution in [0, 0.1) is 11.7 Å². The molecule has 1 aromatic rings. The summed E-state index contributed by atoms with van der Waals surface area (Å²) < 4.78 is 13.4. The number of likely N-dealkylation sites (N-methyl/N-ethyl adjacent to an activating group) is 1. The van der Waals surface area contributed by atoms with E-state index in [-0.39, 0.29) is 36.5 Å². The van der Waals surface area contributed by atoms with E-state index in [0.717, 1.165) is 5.56 Å². The molecule has 1 aliphatic carbocycles. The molecule has 1 aliphatic rings. The predicted molar refractivity (Wildman–Crippen MR) is 87.5 cm³/mol. The molecule has 0 heterocycles. The first-order valence-corrected chi connectivity index (χ1v) is 7.75. The Morgan fingerprint density at radius 1 is 1.43 bits per heavy atom. The largest absolute Gasteiger partial charge is 0.396 e. The molecule has 0 saturated carbocycles. The van der Waals surface area contributed by atoms with Crippen LogP contribution in [0.5, 0.6) is 0 Å². The number of benzene rings is 1. The summed E-state index contributed by atoms with van der Waals surface area (Å²) in [6, 6.07) is 5.97. The average molecular weight is 321 g/mol. The van der Waals surface area contributed by atoms with Gasteiger partial charge in [0.05, 0.1) is 6.04 Å². The monoisotopic (exact) mass is 321 g/mol. The summed E-state index contributed by atoms with van der Waals surface area (Å²) in [4.78, 5) is 13.9. The van der Waals surface area contributed by atoms with E-state index >= 15 is 0 Å². The van der Waals surface area contributed by atoms with E-state index in [9.17, 15) is 9.18 Å². The first-order valence-electron chi connectivity index (χ1n) is 7.75. The van der Waals surface area contributed by atoms with Crippen LogP contribution < -0.4 is 10.6 Å². The van der Waals surface area contributed by atoms with Gasteiger partial charge in [-0.1, -0.05) is 24.3 Å². The van der Waals surface area contributed by atoms with Gasteiger partial charge in [0.25, 0.3) is 0 Å². The zero-order valence-corrected chi connectivity index (χ0v) is 13.5. The molecule has 0 aliphatic heterocycles. The van der Waals surface area contributed by atoms with Crippen LogP contribution in [-0.4, -0.2) is 49.3 Å². The molecule has 5 nitrogen and oxygen atoms in total. The topological polar surface area (TPSA) is 64.6 Å². The fraction of sp³-hybridized carbons (Fsp3) is 0.471. The molecule has 3 atom stereocenters. The molecule has 0 radical (unpaired) electrons. The van der Waals surface area contributed by atoms with E-state index in [1.54, 1.807) is 6.07 Å². The van der Waals surface area contributed by atoms with Crippen molar-refractivity contribution in [1.29, 1.82) is 0 Å². The van der Waals surface area contributed by atoms with Gasteiger partial charge in [-0.15, -0.1) is 0 Å². The highest BCUT2D eigenvalue weighted by Gasteiger charge is 2.21. The molecular formula is C17H24FN3O2. The van der Waals surface area contributed by atoms with Crippen molar-refractivity contribution >= 4 is 6.03 Å². The van der Waals surface area contributed by atoms with E-state index < -0.39 is 0 Å². The van der Waals surface area contributed by atoms with Crippen LogP contribution in [0.1, 0.15) is 18.0 Å². The molecule has 2 rings (SSSR count). The van der Waals surface area contributed by atoms with Crippen LogP contribution in [0.2, 0.25) is 0 Å². The van der Waals surface area contributed by atoms with Crippen molar-refractivity contribution in [2.24, 2.45) is 5.92 Å². The second kappa shape index (κ2) is 8.08. The third-order valence-corrected chi connectivity index (χ3v) is 4.04. The maximum atomic E-state index is 13.4. The van der Waals surface area contributed by atoms with Crippen LogP contribution in [0.3, 0.4) is 0 Å². The number of nitrogens with one attached hydrogen (secondary N) is 2. The minimum atomic E-state index is -0.287.